The van der Waals surface area contributed by atoms with Crippen LogP contribution < -0.4 is 4.90 Å². The Morgan fingerprint density at radius 2 is 1.76 bits per heavy atom. The van der Waals surface area contributed by atoms with Crippen molar-refractivity contribution in [2.24, 2.45) is 0 Å². The number of carbonyl (C=O) groups excluding carboxylic acids is 2. The maximum absolute atomic E-state index is 13.0. The molecule has 1 heterocycles. The number of unbranched alkanes of at least 4 members (excludes halogenated alkanes) is 2. The van der Waals surface area contributed by atoms with Gasteiger partial charge in [-0.2, -0.15) is 0 Å². The lowest BCUT2D eigenvalue weighted by Crippen LogP contribution is -2.34. The number of anilines is 1. The van der Waals surface area contributed by atoms with Gasteiger partial charge in [0.1, 0.15) is 0 Å². The van der Waals surface area contributed by atoms with Gasteiger partial charge in [-0.1, -0.05) is 26.7 Å². The van der Waals surface area contributed by atoms with Gasteiger partial charge < -0.3 is 9.80 Å². The number of amides is 2. The fourth-order valence-electron chi connectivity index (χ4n) is 3.50. The van der Waals surface area contributed by atoms with Gasteiger partial charge in [0, 0.05) is 43.1 Å². The Balaban J connectivity index is 2.16. The Bertz CT molecular complexity index is 846. The normalized spacial score (nSPS) is 13.4. The van der Waals surface area contributed by atoms with Crippen LogP contribution in [0.15, 0.2) is 21.5 Å². The van der Waals surface area contributed by atoms with Gasteiger partial charge in [-0.25, -0.2) is 8.42 Å². The highest BCUT2D eigenvalue weighted by molar-refractivity contribution is 9.10. The molecule has 8 heteroatoms. The second-order valence-corrected chi connectivity index (χ2v) is 10.4. The molecule has 0 bridgehead atoms. The fourth-order valence-corrected chi connectivity index (χ4v) is 5.94. The van der Waals surface area contributed by atoms with E-state index in [-0.39, 0.29) is 28.9 Å². The number of rotatable bonds is 10. The molecular formula is C21H31BrN2O4S. The Hall–Kier alpha value is -1.41. The van der Waals surface area contributed by atoms with E-state index in [0.717, 1.165) is 31.2 Å². The fraction of sp³-hybridized carbons (Fsp3) is 0.619. The van der Waals surface area contributed by atoms with Crippen molar-refractivity contribution in [1.29, 1.82) is 0 Å². The summed E-state index contributed by atoms with van der Waals surface area (Å²) in [5.74, 6) is -0.455. The lowest BCUT2D eigenvalue weighted by atomic mass is 10.2. The Morgan fingerprint density at radius 3 is 2.31 bits per heavy atom. The number of carbonyl (C=O) groups is 2. The summed E-state index contributed by atoms with van der Waals surface area (Å²) < 4.78 is 26.4. The first kappa shape index (κ1) is 23.9. The lowest BCUT2D eigenvalue weighted by Gasteiger charge is -2.22. The third kappa shape index (κ3) is 6.04. The number of hydrogen-bond donors (Lipinski definition) is 0. The van der Waals surface area contributed by atoms with Crippen LogP contribution in [0.2, 0.25) is 0 Å². The molecule has 1 aliphatic heterocycles. The topological polar surface area (TPSA) is 74.8 Å². The molecule has 0 radical (unpaired) electrons. The zero-order valence-electron chi connectivity index (χ0n) is 17.5. The van der Waals surface area contributed by atoms with Crippen LogP contribution in [-0.2, 0) is 25.8 Å². The van der Waals surface area contributed by atoms with E-state index < -0.39 is 9.84 Å². The molecule has 0 N–H and O–H groups in total. The average molecular weight is 487 g/mol. The molecule has 0 saturated carbocycles. The van der Waals surface area contributed by atoms with Crippen LogP contribution in [0.3, 0.4) is 0 Å². The molecular weight excluding hydrogens is 456 g/mol. The third-order valence-electron chi connectivity index (χ3n) is 5.24. The number of hydrogen-bond acceptors (Lipinski definition) is 4. The molecule has 0 fully saturated rings. The molecule has 1 aliphatic rings. The minimum absolute atomic E-state index is 0.0320. The van der Waals surface area contributed by atoms with Crippen LogP contribution in [-0.4, -0.2) is 50.5 Å². The summed E-state index contributed by atoms with van der Waals surface area (Å²) in [7, 11) is -3.66. The monoisotopic (exact) mass is 486 g/mol. The third-order valence-corrected chi connectivity index (χ3v) is 7.91. The predicted octanol–water partition coefficient (Wildman–Crippen LogP) is 3.95. The molecule has 0 atom stereocenters. The van der Waals surface area contributed by atoms with Crippen LogP contribution in [0, 0.1) is 0 Å². The largest absolute Gasteiger partial charge is 0.343 e. The Labute approximate surface area is 182 Å². The SMILES string of the molecule is CCCCN(CCCC)C(=O)CCS(=O)(=O)c1cc2c(cc1Br)CCN2C(C)=O. The van der Waals surface area contributed by atoms with Gasteiger partial charge in [0.2, 0.25) is 11.8 Å². The molecule has 0 aliphatic carbocycles. The van der Waals surface area contributed by atoms with Gasteiger partial charge in [0.25, 0.3) is 0 Å². The average Bonchev–Trinajstić information content (AvgIpc) is 3.08. The van der Waals surface area contributed by atoms with Crippen molar-refractivity contribution in [2.75, 3.05) is 30.3 Å². The summed E-state index contributed by atoms with van der Waals surface area (Å²) in [6.07, 6.45) is 4.48. The first-order valence-electron chi connectivity index (χ1n) is 10.3. The lowest BCUT2D eigenvalue weighted by molar-refractivity contribution is -0.131. The number of halogens is 1. The summed E-state index contributed by atoms with van der Waals surface area (Å²) >= 11 is 3.37. The molecule has 1 aromatic rings. The molecule has 162 valence electrons. The summed E-state index contributed by atoms with van der Waals surface area (Å²) in [6, 6.07) is 3.35. The molecule has 29 heavy (non-hydrogen) atoms. The van der Waals surface area contributed by atoms with E-state index in [4.69, 9.17) is 0 Å². The van der Waals surface area contributed by atoms with Gasteiger partial charge in [-0.05, 0) is 52.9 Å². The quantitative estimate of drug-likeness (QED) is 0.501. The smallest absolute Gasteiger partial charge is 0.223 e. The van der Waals surface area contributed by atoms with E-state index in [2.05, 4.69) is 29.8 Å². The van der Waals surface area contributed by atoms with E-state index in [1.54, 1.807) is 21.9 Å². The Morgan fingerprint density at radius 1 is 1.14 bits per heavy atom. The highest BCUT2D eigenvalue weighted by Crippen LogP contribution is 2.36. The maximum Gasteiger partial charge on any atom is 0.223 e. The summed E-state index contributed by atoms with van der Waals surface area (Å²) in [6.45, 7) is 7.52. The first-order valence-corrected chi connectivity index (χ1v) is 12.8. The van der Waals surface area contributed by atoms with Crippen molar-refractivity contribution >= 4 is 43.3 Å². The summed E-state index contributed by atoms with van der Waals surface area (Å²) in [5.41, 5.74) is 1.60. The molecule has 0 unspecified atom stereocenters. The van der Waals surface area contributed by atoms with Crippen LogP contribution in [0.25, 0.3) is 0 Å². The van der Waals surface area contributed by atoms with E-state index >= 15 is 0 Å². The van der Waals surface area contributed by atoms with Gasteiger partial charge in [0.15, 0.2) is 9.84 Å². The molecule has 1 aromatic carbocycles. The van der Waals surface area contributed by atoms with E-state index in [0.29, 0.717) is 36.2 Å². The molecule has 2 amide bonds. The van der Waals surface area contributed by atoms with Crippen LogP contribution >= 0.6 is 15.9 Å². The number of fused-ring (bicyclic) bond motifs is 1. The molecule has 6 nitrogen and oxygen atoms in total. The maximum atomic E-state index is 13.0. The van der Waals surface area contributed by atoms with Crippen molar-refractivity contribution in [3.63, 3.8) is 0 Å². The van der Waals surface area contributed by atoms with Crippen LogP contribution in [0.1, 0.15) is 58.4 Å². The summed E-state index contributed by atoms with van der Waals surface area (Å²) in [5, 5.41) is 0. The highest BCUT2D eigenvalue weighted by atomic mass is 79.9. The molecule has 0 aromatic heterocycles. The summed E-state index contributed by atoms with van der Waals surface area (Å²) in [4.78, 5) is 28.0. The van der Waals surface area contributed by atoms with Crippen LogP contribution in [0.5, 0.6) is 0 Å². The van der Waals surface area contributed by atoms with Crippen molar-refractivity contribution in [3.05, 3.63) is 22.2 Å². The van der Waals surface area contributed by atoms with Gasteiger partial charge in [0.05, 0.1) is 10.6 Å². The van der Waals surface area contributed by atoms with Crippen molar-refractivity contribution in [1.82, 2.24) is 4.90 Å². The Kier molecular flexibility index (Phi) is 8.70. The van der Waals surface area contributed by atoms with Crippen LogP contribution in [0.4, 0.5) is 5.69 Å². The number of nitrogens with zero attached hydrogens (tertiary/aromatic N) is 2. The molecule has 2 rings (SSSR count). The predicted molar refractivity (Wildman–Crippen MR) is 119 cm³/mol. The second kappa shape index (κ2) is 10.6. The van der Waals surface area contributed by atoms with Crippen molar-refractivity contribution in [3.8, 4) is 0 Å². The van der Waals surface area contributed by atoms with Crippen molar-refractivity contribution in [2.45, 2.75) is 64.2 Å². The molecule has 0 spiro atoms. The highest BCUT2D eigenvalue weighted by Gasteiger charge is 2.28. The number of benzene rings is 1. The zero-order valence-corrected chi connectivity index (χ0v) is 19.9. The number of sulfone groups is 1. The van der Waals surface area contributed by atoms with Gasteiger partial charge in [-0.15, -0.1) is 0 Å². The van der Waals surface area contributed by atoms with E-state index in [9.17, 15) is 18.0 Å². The molecule has 0 saturated heterocycles. The van der Waals surface area contributed by atoms with Gasteiger partial charge in [-0.3, -0.25) is 9.59 Å². The van der Waals surface area contributed by atoms with E-state index in [1.165, 1.54) is 6.92 Å². The van der Waals surface area contributed by atoms with E-state index in [1.807, 2.05) is 0 Å². The standard InChI is InChI=1S/C21H31BrN2O4S/c1-4-6-10-23(11-7-5-2)21(26)9-13-29(27,28)20-15-19-17(14-18(20)22)8-12-24(19)16(3)25/h14-15H,4-13H2,1-3H3. The minimum Gasteiger partial charge on any atom is -0.343 e. The van der Waals surface area contributed by atoms with Gasteiger partial charge >= 0.3 is 0 Å². The van der Waals surface area contributed by atoms with Crippen molar-refractivity contribution < 1.29 is 18.0 Å². The first-order chi connectivity index (χ1) is 13.7. The zero-order chi connectivity index (χ0) is 21.6. The second-order valence-electron chi connectivity index (χ2n) is 7.49. The minimum atomic E-state index is -3.66.